The van der Waals surface area contributed by atoms with E-state index in [0.29, 0.717) is 17.8 Å². The number of carbonyl (C=O) groups is 2. The molecule has 1 heterocycles. The number of hydrogen-bond acceptors (Lipinski definition) is 2. The number of aromatic nitrogens is 1. The molecular formula is C19H25N3O2. The van der Waals surface area contributed by atoms with Gasteiger partial charge in [-0.15, -0.1) is 0 Å². The fourth-order valence-electron chi connectivity index (χ4n) is 3.50. The van der Waals surface area contributed by atoms with Gasteiger partial charge >= 0.3 is 0 Å². The summed E-state index contributed by atoms with van der Waals surface area (Å²) in [5.41, 5.74) is 2.01. The van der Waals surface area contributed by atoms with Crippen LogP contribution in [0.5, 0.6) is 0 Å². The van der Waals surface area contributed by atoms with Crippen molar-refractivity contribution in [3.63, 3.8) is 0 Å². The zero-order valence-corrected chi connectivity index (χ0v) is 13.9. The van der Waals surface area contributed by atoms with Gasteiger partial charge in [0.25, 0.3) is 5.91 Å². The molecule has 2 amide bonds. The first-order valence-electron chi connectivity index (χ1n) is 8.91. The summed E-state index contributed by atoms with van der Waals surface area (Å²) in [4.78, 5) is 26.5. The number of anilines is 1. The molecule has 1 aliphatic carbocycles. The van der Waals surface area contributed by atoms with E-state index in [0.717, 1.165) is 23.7 Å². The molecule has 0 saturated heterocycles. The summed E-state index contributed by atoms with van der Waals surface area (Å²) in [7, 11) is 0. The Bertz CT molecular complexity index is 698. The molecule has 1 aromatic carbocycles. The van der Waals surface area contributed by atoms with E-state index in [4.69, 9.17) is 0 Å². The minimum atomic E-state index is -0.0625. The second-order valence-corrected chi connectivity index (χ2v) is 6.58. The predicted octanol–water partition coefficient (Wildman–Crippen LogP) is 3.97. The van der Waals surface area contributed by atoms with Crippen LogP contribution >= 0.6 is 0 Å². The molecule has 128 valence electrons. The minimum Gasteiger partial charge on any atom is -0.349 e. The van der Waals surface area contributed by atoms with Crippen LogP contribution in [0.3, 0.4) is 0 Å². The van der Waals surface area contributed by atoms with Crippen molar-refractivity contribution in [2.45, 2.75) is 57.4 Å². The maximum absolute atomic E-state index is 12.6. The molecule has 1 aromatic heterocycles. The molecule has 24 heavy (non-hydrogen) atoms. The van der Waals surface area contributed by atoms with Crippen LogP contribution in [-0.4, -0.2) is 23.3 Å². The van der Waals surface area contributed by atoms with Crippen LogP contribution in [0.15, 0.2) is 24.3 Å². The molecule has 2 aromatic rings. The summed E-state index contributed by atoms with van der Waals surface area (Å²) in [5.74, 6) is -0.0625. The number of amides is 2. The summed E-state index contributed by atoms with van der Waals surface area (Å²) in [6.45, 7) is 0. The topological polar surface area (TPSA) is 74.0 Å². The number of para-hydroxylation sites is 1. The molecular weight excluding hydrogens is 302 g/mol. The van der Waals surface area contributed by atoms with E-state index < -0.39 is 0 Å². The van der Waals surface area contributed by atoms with Crippen LogP contribution in [-0.2, 0) is 4.79 Å². The lowest BCUT2D eigenvalue weighted by atomic mass is 10.0. The van der Waals surface area contributed by atoms with Gasteiger partial charge in [0.15, 0.2) is 0 Å². The Morgan fingerprint density at radius 1 is 1.08 bits per heavy atom. The number of H-pyrrole nitrogens is 1. The molecule has 3 rings (SSSR count). The van der Waals surface area contributed by atoms with Crippen LogP contribution < -0.4 is 10.6 Å². The molecule has 0 spiro atoms. The molecule has 5 nitrogen and oxygen atoms in total. The lowest BCUT2D eigenvalue weighted by molar-refractivity contribution is -0.105. The molecule has 0 bridgehead atoms. The number of benzene rings is 1. The van der Waals surface area contributed by atoms with E-state index in [-0.39, 0.29) is 11.9 Å². The Balaban J connectivity index is 1.73. The van der Waals surface area contributed by atoms with Gasteiger partial charge in [-0.1, -0.05) is 50.7 Å². The van der Waals surface area contributed by atoms with Gasteiger partial charge < -0.3 is 15.6 Å². The van der Waals surface area contributed by atoms with Crippen molar-refractivity contribution in [2.75, 3.05) is 5.32 Å². The highest BCUT2D eigenvalue weighted by Gasteiger charge is 2.17. The minimum absolute atomic E-state index is 0.0625. The third-order valence-electron chi connectivity index (χ3n) is 4.81. The zero-order chi connectivity index (χ0) is 16.8. The Morgan fingerprint density at radius 3 is 2.50 bits per heavy atom. The molecule has 0 aliphatic heterocycles. The molecule has 3 N–H and O–H groups in total. The van der Waals surface area contributed by atoms with Gasteiger partial charge in [-0.05, 0) is 25.0 Å². The molecule has 0 radical (unpaired) electrons. The molecule has 0 unspecified atom stereocenters. The van der Waals surface area contributed by atoms with Crippen molar-refractivity contribution in [1.29, 1.82) is 0 Å². The molecule has 1 fully saturated rings. The zero-order valence-electron chi connectivity index (χ0n) is 13.9. The first-order chi connectivity index (χ1) is 11.8. The monoisotopic (exact) mass is 327 g/mol. The summed E-state index contributed by atoms with van der Waals surface area (Å²) >= 11 is 0. The fourth-order valence-corrected chi connectivity index (χ4v) is 3.50. The first-order valence-corrected chi connectivity index (χ1v) is 8.91. The largest absolute Gasteiger partial charge is 0.349 e. The lowest BCUT2D eigenvalue weighted by Crippen LogP contribution is -2.35. The van der Waals surface area contributed by atoms with Crippen molar-refractivity contribution in [3.05, 3.63) is 30.0 Å². The maximum Gasteiger partial charge on any atom is 0.267 e. The van der Waals surface area contributed by atoms with E-state index in [1.54, 1.807) is 0 Å². The maximum atomic E-state index is 12.6. The van der Waals surface area contributed by atoms with Crippen LogP contribution in [0, 0.1) is 0 Å². The van der Waals surface area contributed by atoms with Gasteiger partial charge in [0, 0.05) is 11.4 Å². The Morgan fingerprint density at radius 2 is 1.79 bits per heavy atom. The quantitative estimate of drug-likeness (QED) is 0.743. The normalized spacial score (nSPS) is 16.8. The van der Waals surface area contributed by atoms with E-state index in [1.807, 2.05) is 24.3 Å². The SMILES string of the molecule is O=CNc1cccc2cc(C(=O)NC3CCCCCCCC3)[nH]c12. The van der Waals surface area contributed by atoms with Crippen molar-refractivity contribution in [1.82, 2.24) is 10.3 Å². The highest BCUT2D eigenvalue weighted by atomic mass is 16.2. The van der Waals surface area contributed by atoms with E-state index in [1.165, 1.54) is 38.5 Å². The Hall–Kier alpha value is -2.30. The van der Waals surface area contributed by atoms with E-state index >= 15 is 0 Å². The number of fused-ring (bicyclic) bond motifs is 1. The fraction of sp³-hybridized carbons (Fsp3) is 0.474. The Labute approximate surface area is 142 Å². The summed E-state index contributed by atoms with van der Waals surface area (Å²) < 4.78 is 0. The number of aromatic amines is 1. The third kappa shape index (κ3) is 3.96. The standard InChI is InChI=1S/C19H25N3O2/c23-13-20-16-11-7-8-14-12-17(22-18(14)16)19(24)21-15-9-5-3-1-2-4-6-10-15/h7-8,11-13,15,22H,1-6,9-10H2,(H,20,23)(H,21,24). The van der Waals surface area contributed by atoms with Crippen molar-refractivity contribution < 1.29 is 9.59 Å². The third-order valence-corrected chi connectivity index (χ3v) is 4.81. The second kappa shape index (κ2) is 7.99. The lowest BCUT2D eigenvalue weighted by Gasteiger charge is -2.17. The number of nitrogens with one attached hydrogen (secondary N) is 3. The van der Waals surface area contributed by atoms with Crippen LogP contribution in [0.1, 0.15) is 61.9 Å². The van der Waals surface area contributed by atoms with Crippen LogP contribution in [0.2, 0.25) is 0 Å². The van der Waals surface area contributed by atoms with E-state index in [9.17, 15) is 9.59 Å². The van der Waals surface area contributed by atoms with Crippen LogP contribution in [0.4, 0.5) is 5.69 Å². The van der Waals surface area contributed by atoms with Crippen molar-refractivity contribution >= 4 is 28.9 Å². The number of hydrogen-bond donors (Lipinski definition) is 3. The van der Waals surface area contributed by atoms with Gasteiger partial charge in [0.2, 0.25) is 6.41 Å². The Kier molecular flexibility index (Phi) is 5.51. The highest BCUT2D eigenvalue weighted by Crippen LogP contribution is 2.24. The molecule has 1 aliphatic rings. The summed E-state index contributed by atoms with van der Waals surface area (Å²) in [6, 6.07) is 7.71. The van der Waals surface area contributed by atoms with Gasteiger partial charge in [0.1, 0.15) is 5.69 Å². The molecule has 0 atom stereocenters. The van der Waals surface area contributed by atoms with Gasteiger partial charge in [-0.3, -0.25) is 9.59 Å². The highest BCUT2D eigenvalue weighted by molar-refractivity contribution is 6.02. The van der Waals surface area contributed by atoms with Gasteiger partial charge in [-0.25, -0.2) is 0 Å². The number of carbonyl (C=O) groups excluding carboxylic acids is 2. The first kappa shape index (κ1) is 16.6. The van der Waals surface area contributed by atoms with E-state index in [2.05, 4.69) is 15.6 Å². The van der Waals surface area contributed by atoms with Crippen molar-refractivity contribution in [3.8, 4) is 0 Å². The molecule has 1 saturated carbocycles. The van der Waals surface area contributed by atoms with Crippen molar-refractivity contribution in [2.24, 2.45) is 0 Å². The van der Waals surface area contributed by atoms with Gasteiger partial charge in [-0.2, -0.15) is 0 Å². The number of rotatable bonds is 4. The van der Waals surface area contributed by atoms with Gasteiger partial charge in [0.05, 0.1) is 11.2 Å². The average Bonchev–Trinajstić information content (AvgIpc) is 3.05. The average molecular weight is 327 g/mol. The second-order valence-electron chi connectivity index (χ2n) is 6.58. The summed E-state index contributed by atoms with van der Waals surface area (Å²) in [6.07, 6.45) is 10.3. The smallest absolute Gasteiger partial charge is 0.267 e. The molecule has 5 heteroatoms. The van der Waals surface area contributed by atoms with Crippen LogP contribution in [0.25, 0.3) is 10.9 Å². The predicted molar refractivity (Wildman–Crippen MR) is 96.2 cm³/mol. The summed E-state index contributed by atoms with van der Waals surface area (Å²) in [5, 5.41) is 6.76.